The van der Waals surface area contributed by atoms with Gasteiger partial charge in [-0.05, 0) is 50.1 Å². The quantitative estimate of drug-likeness (QED) is 0.270. The second-order valence-corrected chi connectivity index (χ2v) is 11.6. The van der Waals surface area contributed by atoms with Crippen LogP contribution in [0.5, 0.6) is 17.4 Å². The molecule has 3 heterocycles. The molecule has 0 radical (unpaired) electrons. The highest BCUT2D eigenvalue weighted by Gasteiger charge is 2.33. The average molecular weight is 602 g/mol. The Labute approximate surface area is 242 Å². The van der Waals surface area contributed by atoms with Gasteiger partial charge in [0.25, 0.3) is 11.6 Å². The standard InChI is InChI=1S/C27H31N5O9S/c1-18-25(26(33)28-17-22-4-3-13-40-22)29-31(19-5-8-21(38-2)9-6-19)27(18)41-23-10-7-20(32(34)35)16-24(23)42(36,37)30-11-14-39-15-12-30/h5-10,16,22H,3-4,11-15,17H2,1-2H3,(H,28,33). The summed E-state index contributed by atoms with van der Waals surface area (Å²) < 4.78 is 52.2. The minimum Gasteiger partial charge on any atom is -0.497 e. The molecule has 1 atom stereocenters. The number of sulfonamides is 1. The van der Waals surface area contributed by atoms with Crippen molar-refractivity contribution in [3.63, 3.8) is 0 Å². The SMILES string of the molecule is COc1ccc(-n2nc(C(=O)NCC3CCCO3)c(C)c2Oc2ccc([N+](=O)[O-])cc2S(=O)(=O)N2CCOCC2)cc1. The van der Waals surface area contributed by atoms with Gasteiger partial charge in [0.05, 0.1) is 37.0 Å². The van der Waals surface area contributed by atoms with Crippen molar-refractivity contribution in [2.45, 2.75) is 30.8 Å². The maximum atomic E-state index is 13.7. The van der Waals surface area contributed by atoms with Crippen LogP contribution in [0, 0.1) is 17.0 Å². The molecule has 2 aliphatic rings. The third kappa shape index (κ3) is 6.09. The Bertz CT molecular complexity index is 1560. The molecule has 1 N–H and O–H groups in total. The van der Waals surface area contributed by atoms with Crippen LogP contribution in [-0.2, 0) is 19.5 Å². The summed E-state index contributed by atoms with van der Waals surface area (Å²) in [5.41, 5.74) is 0.498. The molecule has 42 heavy (non-hydrogen) atoms. The van der Waals surface area contributed by atoms with Crippen molar-refractivity contribution in [1.82, 2.24) is 19.4 Å². The second kappa shape index (κ2) is 12.4. The number of aromatic nitrogens is 2. The van der Waals surface area contributed by atoms with Crippen molar-refractivity contribution in [2.24, 2.45) is 0 Å². The number of hydrogen-bond acceptors (Lipinski definition) is 10. The van der Waals surface area contributed by atoms with Gasteiger partial charge in [0, 0.05) is 43.9 Å². The molecule has 5 rings (SSSR count). The van der Waals surface area contributed by atoms with Crippen LogP contribution in [0.25, 0.3) is 5.69 Å². The lowest BCUT2D eigenvalue weighted by Crippen LogP contribution is -2.40. The Balaban J connectivity index is 1.57. The minimum absolute atomic E-state index is 0.0645. The van der Waals surface area contributed by atoms with Gasteiger partial charge in [-0.3, -0.25) is 14.9 Å². The number of rotatable bonds is 10. The molecule has 0 bridgehead atoms. The van der Waals surface area contributed by atoms with E-state index in [1.165, 1.54) is 22.2 Å². The van der Waals surface area contributed by atoms with Crippen molar-refractivity contribution >= 4 is 21.6 Å². The molecule has 1 amide bonds. The maximum absolute atomic E-state index is 13.7. The zero-order valence-electron chi connectivity index (χ0n) is 23.1. The fourth-order valence-corrected chi connectivity index (χ4v) is 6.28. The van der Waals surface area contributed by atoms with Crippen LogP contribution in [0.3, 0.4) is 0 Å². The second-order valence-electron chi connectivity index (χ2n) is 9.74. The zero-order valence-corrected chi connectivity index (χ0v) is 24.0. The number of amides is 1. The van der Waals surface area contributed by atoms with Crippen LogP contribution in [-0.4, -0.2) is 86.0 Å². The molecule has 0 spiro atoms. The number of morpholine rings is 1. The van der Waals surface area contributed by atoms with Crippen LogP contribution in [0.15, 0.2) is 47.4 Å². The van der Waals surface area contributed by atoms with E-state index >= 15 is 0 Å². The van der Waals surface area contributed by atoms with Crippen molar-refractivity contribution < 1.29 is 37.1 Å². The average Bonchev–Trinajstić information content (AvgIpc) is 3.64. The molecule has 2 aromatic carbocycles. The molecule has 2 aliphatic heterocycles. The number of nitro benzene ring substituents is 1. The largest absolute Gasteiger partial charge is 0.497 e. The van der Waals surface area contributed by atoms with Crippen molar-refractivity contribution in [2.75, 3.05) is 46.6 Å². The van der Waals surface area contributed by atoms with E-state index in [1.54, 1.807) is 31.2 Å². The van der Waals surface area contributed by atoms with Gasteiger partial charge in [-0.15, -0.1) is 0 Å². The molecule has 14 nitrogen and oxygen atoms in total. The number of non-ortho nitro benzene ring substituents is 1. The van der Waals surface area contributed by atoms with E-state index in [1.807, 2.05) is 0 Å². The van der Waals surface area contributed by atoms with Crippen molar-refractivity contribution in [1.29, 1.82) is 0 Å². The summed E-state index contributed by atoms with van der Waals surface area (Å²) in [4.78, 5) is 23.7. The van der Waals surface area contributed by atoms with Gasteiger partial charge in [0.15, 0.2) is 5.69 Å². The minimum atomic E-state index is -4.21. The predicted molar refractivity (Wildman–Crippen MR) is 149 cm³/mol. The Hall–Kier alpha value is -4.05. The first-order chi connectivity index (χ1) is 20.2. The summed E-state index contributed by atoms with van der Waals surface area (Å²) in [6, 6.07) is 10.2. The normalized spacial score (nSPS) is 17.6. The van der Waals surface area contributed by atoms with Crippen molar-refractivity contribution in [3.8, 4) is 23.1 Å². The van der Waals surface area contributed by atoms with Gasteiger partial charge >= 0.3 is 0 Å². The Morgan fingerprint density at radius 3 is 2.55 bits per heavy atom. The van der Waals surface area contributed by atoms with E-state index in [9.17, 15) is 23.3 Å². The highest BCUT2D eigenvalue weighted by Crippen LogP contribution is 2.37. The maximum Gasteiger partial charge on any atom is 0.272 e. The highest BCUT2D eigenvalue weighted by atomic mass is 32.2. The summed E-state index contributed by atoms with van der Waals surface area (Å²) in [5, 5.41) is 18.9. The van der Waals surface area contributed by atoms with E-state index < -0.39 is 26.5 Å². The van der Waals surface area contributed by atoms with Gasteiger partial charge < -0.3 is 24.3 Å². The summed E-state index contributed by atoms with van der Waals surface area (Å²) in [6.45, 7) is 3.15. The molecule has 2 fully saturated rings. The fraction of sp³-hybridized carbons (Fsp3) is 0.407. The Morgan fingerprint density at radius 2 is 1.90 bits per heavy atom. The zero-order chi connectivity index (χ0) is 29.9. The summed E-state index contributed by atoms with van der Waals surface area (Å²) in [5.74, 6) is 0.0461. The summed E-state index contributed by atoms with van der Waals surface area (Å²) >= 11 is 0. The number of methoxy groups -OCH3 is 1. The van der Waals surface area contributed by atoms with Crippen LogP contribution in [0.2, 0.25) is 0 Å². The van der Waals surface area contributed by atoms with Gasteiger partial charge in [-0.1, -0.05) is 0 Å². The highest BCUT2D eigenvalue weighted by molar-refractivity contribution is 7.89. The van der Waals surface area contributed by atoms with Gasteiger partial charge in [0.1, 0.15) is 16.4 Å². The number of nitrogens with zero attached hydrogens (tertiary/aromatic N) is 4. The molecule has 15 heteroatoms. The number of ether oxygens (including phenoxy) is 4. The lowest BCUT2D eigenvalue weighted by atomic mass is 10.2. The molecule has 0 aliphatic carbocycles. The predicted octanol–water partition coefficient (Wildman–Crippen LogP) is 2.82. The van der Waals surface area contributed by atoms with Crippen LogP contribution >= 0.6 is 0 Å². The molecular weight excluding hydrogens is 570 g/mol. The van der Waals surface area contributed by atoms with E-state index in [0.29, 0.717) is 30.2 Å². The van der Waals surface area contributed by atoms with E-state index in [0.717, 1.165) is 25.0 Å². The first-order valence-electron chi connectivity index (χ1n) is 13.4. The number of carbonyl (C=O) groups excluding carboxylic acids is 1. The Kier molecular flexibility index (Phi) is 8.72. The molecule has 0 saturated carbocycles. The third-order valence-electron chi connectivity index (χ3n) is 7.05. The van der Waals surface area contributed by atoms with Gasteiger partial charge in [-0.25, -0.2) is 8.42 Å². The molecule has 1 unspecified atom stereocenters. The fourth-order valence-electron chi connectivity index (χ4n) is 4.74. The van der Waals surface area contributed by atoms with E-state index in [4.69, 9.17) is 18.9 Å². The van der Waals surface area contributed by atoms with Crippen LogP contribution < -0.4 is 14.8 Å². The smallest absolute Gasteiger partial charge is 0.272 e. The van der Waals surface area contributed by atoms with E-state index in [2.05, 4.69) is 10.4 Å². The first kappa shape index (κ1) is 29.4. The number of benzene rings is 2. The number of nitrogens with one attached hydrogen (secondary N) is 1. The Morgan fingerprint density at radius 1 is 1.17 bits per heavy atom. The molecule has 2 saturated heterocycles. The van der Waals surface area contributed by atoms with Crippen LogP contribution in [0.4, 0.5) is 5.69 Å². The van der Waals surface area contributed by atoms with Gasteiger partial charge in [-0.2, -0.15) is 14.1 Å². The lowest BCUT2D eigenvalue weighted by molar-refractivity contribution is -0.385. The topological polar surface area (TPSA) is 164 Å². The van der Waals surface area contributed by atoms with E-state index in [-0.39, 0.29) is 54.6 Å². The number of nitro groups is 1. The number of carbonyl (C=O) groups is 1. The van der Waals surface area contributed by atoms with Gasteiger partial charge in [0.2, 0.25) is 15.9 Å². The summed E-state index contributed by atoms with van der Waals surface area (Å²) in [6.07, 6.45) is 1.69. The molecule has 224 valence electrons. The molecule has 3 aromatic rings. The van der Waals surface area contributed by atoms with Crippen molar-refractivity contribution in [3.05, 3.63) is 63.8 Å². The monoisotopic (exact) mass is 601 g/mol. The summed E-state index contributed by atoms with van der Waals surface area (Å²) in [7, 11) is -2.68. The molecular formula is C27H31N5O9S. The van der Waals surface area contributed by atoms with Crippen LogP contribution in [0.1, 0.15) is 28.9 Å². The molecule has 1 aromatic heterocycles. The third-order valence-corrected chi connectivity index (χ3v) is 8.97. The lowest BCUT2D eigenvalue weighted by Gasteiger charge is -2.26. The number of hydrogen-bond donors (Lipinski definition) is 1. The first-order valence-corrected chi connectivity index (χ1v) is 14.8.